The predicted molar refractivity (Wildman–Crippen MR) is 108 cm³/mol. The number of nitrogens with zero attached hydrogens (tertiary/aromatic N) is 1. The van der Waals surface area contributed by atoms with Crippen LogP contribution in [0, 0.1) is 0 Å². The van der Waals surface area contributed by atoms with Gasteiger partial charge in [-0.15, -0.1) is 0 Å². The number of aromatic nitrogens is 1. The first kappa shape index (κ1) is 17.8. The van der Waals surface area contributed by atoms with Gasteiger partial charge in [-0.3, -0.25) is 9.59 Å². The SMILES string of the molecule is NC(=O)c1ccccc1Cn1c2cc(CO)ccc2c2c(C(N)=O)cccc21. The van der Waals surface area contributed by atoms with Crippen LogP contribution in [-0.2, 0) is 13.2 Å². The molecule has 3 aromatic carbocycles. The Labute approximate surface area is 161 Å². The fourth-order valence-corrected chi connectivity index (χ4v) is 3.73. The second-order valence-corrected chi connectivity index (χ2v) is 6.68. The van der Waals surface area contributed by atoms with Crippen molar-refractivity contribution in [2.24, 2.45) is 11.5 Å². The highest BCUT2D eigenvalue weighted by Gasteiger charge is 2.18. The summed E-state index contributed by atoms with van der Waals surface area (Å²) in [5.41, 5.74) is 15.2. The molecule has 4 aromatic rings. The first-order chi connectivity index (χ1) is 13.5. The van der Waals surface area contributed by atoms with Crippen LogP contribution >= 0.6 is 0 Å². The summed E-state index contributed by atoms with van der Waals surface area (Å²) in [7, 11) is 0. The normalized spacial score (nSPS) is 11.2. The van der Waals surface area contributed by atoms with E-state index in [-0.39, 0.29) is 6.61 Å². The summed E-state index contributed by atoms with van der Waals surface area (Å²) in [5.74, 6) is -1.00. The third-order valence-corrected chi connectivity index (χ3v) is 5.01. The van der Waals surface area contributed by atoms with E-state index in [9.17, 15) is 14.7 Å². The third kappa shape index (κ3) is 2.80. The number of fused-ring (bicyclic) bond motifs is 3. The molecule has 0 aliphatic carbocycles. The molecule has 1 aromatic heterocycles. The summed E-state index contributed by atoms with van der Waals surface area (Å²) < 4.78 is 2.01. The van der Waals surface area contributed by atoms with Crippen LogP contribution in [0.4, 0.5) is 0 Å². The first-order valence-electron chi connectivity index (χ1n) is 8.83. The van der Waals surface area contributed by atoms with Gasteiger partial charge < -0.3 is 21.1 Å². The molecular weight excluding hydrogens is 354 g/mol. The minimum atomic E-state index is -0.506. The Hall–Kier alpha value is -3.64. The van der Waals surface area contributed by atoms with Gasteiger partial charge in [0.15, 0.2) is 0 Å². The maximum absolute atomic E-state index is 12.0. The Balaban J connectivity index is 2.05. The Bertz CT molecular complexity index is 1240. The van der Waals surface area contributed by atoms with Crippen LogP contribution in [0.1, 0.15) is 31.8 Å². The van der Waals surface area contributed by atoms with Gasteiger partial charge in [0.05, 0.1) is 12.1 Å². The Morgan fingerprint density at radius 2 is 1.57 bits per heavy atom. The molecule has 6 nitrogen and oxygen atoms in total. The molecule has 0 fully saturated rings. The quantitative estimate of drug-likeness (QED) is 0.500. The summed E-state index contributed by atoms with van der Waals surface area (Å²) in [6.45, 7) is 0.286. The number of benzene rings is 3. The molecule has 0 aliphatic heterocycles. The van der Waals surface area contributed by atoms with Crippen molar-refractivity contribution >= 4 is 33.6 Å². The van der Waals surface area contributed by atoms with Crippen LogP contribution in [0.25, 0.3) is 21.8 Å². The Kier molecular flexibility index (Phi) is 4.33. The zero-order valence-corrected chi connectivity index (χ0v) is 15.1. The van der Waals surface area contributed by atoms with E-state index in [0.29, 0.717) is 17.7 Å². The fraction of sp³-hybridized carbons (Fsp3) is 0.0909. The maximum atomic E-state index is 12.0. The smallest absolute Gasteiger partial charge is 0.249 e. The molecule has 0 atom stereocenters. The highest BCUT2D eigenvalue weighted by molar-refractivity contribution is 6.18. The van der Waals surface area contributed by atoms with E-state index in [1.54, 1.807) is 24.3 Å². The second kappa shape index (κ2) is 6.83. The van der Waals surface area contributed by atoms with Gasteiger partial charge in [-0.2, -0.15) is 0 Å². The van der Waals surface area contributed by atoms with Crippen molar-refractivity contribution in [3.05, 3.63) is 82.9 Å². The van der Waals surface area contributed by atoms with E-state index in [0.717, 1.165) is 32.9 Å². The van der Waals surface area contributed by atoms with E-state index in [1.807, 2.05) is 41.0 Å². The number of carbonyl (C=O) groups is 2. The van der Waals surface area contributed by atoms with Crippen molar-refractivity contribution in [2.75, 3.05) is 0 Å². The number of hydrogen-bond donors (Lipinski definition) is 3. The molecule has 4 rings (SSSR count). The number of nitrogens with two attached hydrogens (primary N) is 2. The van der Waals surface area contributed by atoms with Crippen LogP contribution in [0.5, 0.6) is 0 Å². The van der Waals surface area contributed by atoms with Crippen LogP contribution < -0.4 is 11.5 Å². The number of aliphatic hydroxyl groups is 1. The van der Waals surface area contributed by atoms with Gasteiger partial charge in [-0.1, -0.05) is 36.4 Å². The van der Waals surface area contributed by atoms with Gasteiger partial charge in [0, 0.05) is 34.0 Å². The standard InChI is InChI=1S/C22H19N3O3/c23-21(27)15-5-2-1-4-14(15)11-25-18-7-3-6-17(22(24)28)20(18)16-9-8-13(12-26)10-19(16)25/h1-10,26H,11-12H2,(H2,23,27)(H2,24,28). The number of amides is 2. The topological polar surface area (TPSA) is 111 Å². The summed E-state index contributed by atoms with van der Waals surface area (Å²) in [4.78, 5) is 23.8. The van der Waals surface area contributed by atoms with Crippen LogP contribution in [0.2, 0.25) is 0 Å². The first-order valence-corrected chi connectivity index (χ1v) is 8.83. The lowest BCUT2D eigenvalue weighted by atomic mass is 10.0. The van der Waals surface area contributed by atoms with E-state index >= 15 is 0 Å². The maximum Gasteiger partial charge on any atom is 0.249 e. The molecular formula is C22H19N3O3. The zero-order valence-electron chi connectivity index (χ0n) is 15.1. The third-order valence-electron chi connectivity index (χ3n) is 5.01. The molecule has 0 saturated carbocycles. The van der Waals surface area contributed by atoms with Crippen molar-refractivity contribution < 1.29 is 14.7 Å². The number of aliphatic hydroxyl groups excluding tert-OH is 1. The zero-order chi connectivity index (χ0) is 19.8. The van der Waals surface area contributed by atoms with E-state index in [4.69, 9.17) is 11.5 Å². The summed E-state index contributed by atoms with van der Waals surface area (Å²) in [6.07, 6.45) is 0. The molecule has 28 heavy (non-hydrogen) atoms. The molecule has 0 saturated heterocycles. The van der Waals surface area contributed by atoms with Gasteiger partial charge in [0.1, 0.15) is 0 Å². The van der Waals surface area contributed by atoms with E-state index in [2.05, 4.69) is 0 Å². The average Bonchev–Trinajstić information content (AvgIpc) is 3.01. The van der Waals surface area contributed by atoms with Gasteiger partial charge in [0.2, 0.25) is 11.8 Å². The largest absolute Gasteiger partial charge is 0.392 e. The van der Waals surface area contributed by atoms with Gasteiger partial charge in [-0.05, 0) is 35.4 Å². The lowest BCUT2D eigenvalue weighted by Crippen LogP contribution is -2.15. The number of hydrogen-bond acceptors (Lipinski definition) is 3. The number of carbonyl (C=O) groups excluding carboxylic acids is 2. The average molecular weight is 373 g/mol. The van der Waals surface area contributed by atoms with Crippen molar-refractivity contribution in [1.82, 2.24) is 4.57 Å². The van der Waals surface area contributed by atoms with Gasteiger partial charge >= 0.3 is 0 Å². The summed E-state index contributed by atoms with van der Waals surface area (Å²) >= 11 is 0. The molecule has 0 spiro atoms. The van der Waals surface area contributed by atoms with E-state index < -0.39 is 11.8 Å². The van der Waals surface area contributed by atoms with Crippen LogP contribution in [0.15, 0.2) is 60.7 Å². The minimum absolute atomic E-state index is 0.0992. The second-order valence-electron chi connectivity index (χ2n) is 6.68. The minimum Gasteiger partial charge on any atom is -0.392 e. The number of primary amides is 2. The van der Waals surface area contributed by atoms with Crippen LogP contribution in [-0.4, -0.2) is 21.5 Å². The Morgan fingerprint density at radius 1 is 0.857 bits per heavy atom. The molecule has 140 valence electrons. The Morgan fingerprint density at radius 3 is 2.29 bits per heavy atom. The van der Waals surface area contributed by atoms with Crippen molar-refractivity contribution in [1.29, 1.82) is 0 Å². The molecule has 0 unspecified atom stereocenters. The van der Waals surface area contributed by atoms with Crippen molar-refractivity contribution in [3.63, 3.8) is 0 Å². The monoisotopic (exact) mass is 373 g/mol. The lowest BCUT2D eigenvalue weighted by molar-refractivity contribution is 0.0992. The summed E-state index contributed by atoms with van der Waals surface area (Å²) in [6, 6.07) is 18.1. The van der Waals surface area contributed by atoms with Gasteiger partial charge in [-0.25, -0.2) is 0 Å². The molecule has 0 bridgehead atoms. The fourth-order valence-electron chi connectivity index (χ4n) is 3.73. The molecule has 1 heterocycles. The molecule has 0 radical (unpaired) electrons. The highest BCUT2D eigenvalue weighted by Crippen LogP contribution is 2.33. The molecule has 0 aliphatic rings. The lowest BCUT2D eigenvalue weighted by Gasteiger charge is -2.11. The molecule has 2 amide bonds. The number of rotatable bonds is 5. The molecule has 5 N–H and O–H groups in total. The van der Waals surface area contributed by atoms with Crippen molar-refractivity contribution in [2.45, 2.75) is 13.2 Å². The van der Waals surface area contributed by atoms with Crippen molar-refractivity contribution in [3.8, 4) is 0 Å². The highest BCUT2D eigenvalue weighted by atomic mass is 16.3. The molecule has 6 heteroatoms. The van der Waals surface area contributed by atoms with Gasteiger partial charge in [0.25, 0.3) is 0 Å². The van der Waals surface area contributed by atoms with Crippen LogP contribution in [0.3, 0.4) is 0 Å². The predicted octanol–water partition coefficient (Wildman–Crippen LogP) is 2.53. The summed E-state index contributed by atoms with van der Waals surface area (Å²) in [5, 5.41) is 11.2. The van der Waals surface area contributed by atoms with E-state index in [1.165, 1.54) is 0 Å².